The first kappa shape index (κ1) is 12.6. The van der Waals surface area contributed by atoms with Gasteiger partial charge in [0.25, 0.3) is 0 Å². The number of aromatic nitrogens is 1. The maximum Gasteiger partial charge on any atom is 0.158 e. The summed E-state index contributed by atoms with van der Waals surface area (Å²) in [4.78, 5) is 5.85. The first-order valence-electron chi connectivity index (χ1n) is 5.57. The molecule has 0 saturated carbocycles. The van der Waals surface area contributed by atoms with Gasteiger partial charge in [0.1, 0.15) is 11.0 Å². The summed E-state index contributed by atoms with van der Waals surface area (Å²) in [7, 11) is 0. The standard InChI is InChI=1S/C13H13ClFN3/c1-2-18(11-6-4-3-5-9(11)15)13-10(16)7-8-12(14)17-13/h3-8H,2,16H2,1H3. The summed E-state index contributed by atoms with van der Waals surface area (Å²) in [6.07, 6.45) is 0. The van der Waals surface area contributed by atoms with E-state index >= 15 is 0 Å². The van der Waals surface area contributed by atoms with Crippen LogP contribution in [-0.4, -0.2) is 11.5 Å². The predicted octanol–water partition coefficient (Wildman–Crippen LogP) is 3.61. The van der Waals surface area contributed by atoms with Gasteiger partial charge in [-0.15, -0.1) is 0 Å². The van der Waals surface area contributed by atoms with Crippen LogP contribution in [0.1, 0.15) is 6.92 Å². The van der Waals surface area contributed by atoms with Crippen LogP contribution >= 0.6 is 11.6 Å². The van der Waals surface area contributed by atoms with E-state index in [0.717, 1.165) is 0 Å². The summed E-state index contributed by atoms with van der Waals surface area (Å²) in [5, 5.41) is 0.328. The van der Waals surface area contributed by atoms with Gasteiger partial charge in [0.2, 0.25) is 0 Å². The number of para-hydroxylation sites is 1. The van der Waals surface area contributed by atoms with Crippen LogP contribution in [0.5, 0.6) is 0 Å². The van der Waals surface area contributed by atoms with Gasteiger partial charge in [0.05, 0.1) is 11.4 Å². The average Bonchev–Trinajstić information content (AvgIpc) is 2.36. The molecule has 3 nitrogen and oxygen atoms in total. The number of pyridine rings is 1. The summed E-state index contributed by atoms with van der Waals surface area (Å²) in [5.41, 5.74) is 6.76. The van der Waals surface area contributed by atoms with Gasteiger partial charge in [-0.2, -0.15) is 0 Å². The molecule has 0 spiro atoms. The second-order valence-corrected chi connectivity index (χ2v) is 4.13. The molecule has 1 aromatic heterocycles. The SMILES string of the molecule is CCN(c1ccccc1F)c1nc(Cl)ccc1N. The Kier molecular flexibility index (Phi) is 3.67. The zero-order valence-electron chi connectivity index (χ0n) is 9.90. The number of anilines is 3. The lowest BCUT2D eigenvalue weighted by Gasteiger charge is -2.23. The Hall–Kier alpha value is -1.81. The number of hydrogen-bond acceptors (Lipinski definition) is 3. The Bertz CT molecular complexity index is 560. The Morgan fingerprint density at radius 1 is 1.28 bits per heavy atom. The van der Waals surface area contributed by atoms with Crippen molar-refractivity contribution in [3.63, 3.8) is 0 Å². The van der Waals surface area contributed by atoms with Gasteiger partial charge in [-0.05, 0) is 31.2 Å². The van der Waals surface area contributed by atoms with E-state index in [-0.39, 0.29) is 5.82 Å². The number of nitrogen functional groups attached to an aromatic ring is 1. The molecule has 2 rings (SSSR count). The summed E-state index contributed by atoms with van der Waals surface area (Å²) in [6, 6.07) is 9.76. The molecule has 0 unspecified atom stereocenters. The molecule has 0 bridgehead atoms. The van der Waals surface area contributed by atoms with E-state index < -0.39 is 0 Å². The first-order valence-corrected chi connectivity index (χ1v) is 5.95. The monoisotopic (exact) mass is 265 g/mol. The van der Waals surface area contributed by atoms with Gasteiger partial charge in [0, 0.05) is 6.54 Å². The van der Waals surface area contributed by atoms with Crippen LogP contribution < -0.4 is 10.6 Å². The average molecular weight is 266 g/mol. The van der Waals surface area contributed by atoms with Gasteiger partial charge in [-0.1, -0.05) is 23.7 Å². The molecule has 1 heterocycles. The summed E-state index contributed by atoms with van der Waals surface area (Å²) in [6.45, 7) is 2.44. The van der Waals surface area contributed by atoms with Crippen molar-refractivity contribution in [2.45, 2.75) is 6.92 Å². The molecule has 0 fully saturated rings. The second kappa shape index (κ2) is 5.23. The van der Waals surface area contributed by atoms with E-state index in [1.807, 2.05) is 6.92 Å². The Labute approximate surface area is 110 Å². The molecule has 0 saturated heterocycles. The normalized spacial score (nSPS) is 10.4. The van der Waals surface area contributed by atoms with Crippen molar-refractivity contribution in [1.29, 1.82) is 0 Å². The second-order valence-electron chi connectivity index (χ2n) is 3.74. The number of benzene rings is 1. The molecule has 0 atom stereocenters. The van der Waals surface area contributed by atoms with Crippen LogP contribution in [0.15, 0.2) is 36.4 Å². The highest BCUT2D eigenvalue weighted by atomic mass is 35.5. The van der Waals surface area contributed by atoms with Gasteiger partial charge < -0.3 is 10.6 Å². The summed E-state index contributed by atoms with van der Waals surface area (Å²) >= 11 is 5.86. The van der Waals surface area contributed by atoms with Crippen molar-refractivity contribution < 1.29 is 4.39 Å². The minimum atomic E-state index is -0.319. The third-order valence-corrected chi connectivity index (χ3v) is 2.80. The van der Waals surface area contributed by atoms with Crippen molar-refractivity contribution in [2.24, 2.45) is 0 Å². The van der Waals surface area contributed by atoms with Crippen molar-refractivity contribution in [3.8, 4) is 0 Å². The van der Waals surface area contributed by atoms with E-state index in [1.54, 1.807) is 35.2 Å². The fourth-order valence-electron chi connectivity index (χ4n) is 1.76. The number of nitrogens with two attached hydrogens (primary N) is 1. The topological polar surface area (TPSA) is 42.2 Å². The largest absolute Gasteiger partial charge is 0.396 e. The van der Waals surface area contributed by atoms with Gasteiger partial charge >= 0.3 is 0 Å². The van der Waals surface area contributed by atoms with Crippen LogP contribution in [0, 0.1) is 5.82 Å². The molecule has 94 valence electrons. The number of hydrogen-bond donors (Lipinski definition) is 1. The fraction of sp³-hybridized carbons (Fsp3) is 0.154. The van der Waals surface area contributed by atoms with E-state index in [0.29, 0.717) is 28.9 Å². The molecule has 2 aromatic rings. The van der Waals surface area contributed by atoms with Crippen LogP contribution in [0.2, 0.25) is 5.15 Å². The lowest BCUT2D eigenvalue weighted by Crippen LogP contribution is -2.20. The highest BCUT2D eigenvalue weighted by Gasteiger charge is 2.15. The lowest BCUT2D eigenvalue weighted by atomic mass is 10.2. The zero-order chi connectivity index (χ0) is 13.1. The number of halogens is 2. The van der Waals surface area contributed by atoms with Crippen LogP contribution in [0.3, 0.4) is 0 Å². The molecule has 1 aromatic carbocycles. The number of nitrogens with zero attached hydrogens (tertiary/aromatic N) is 2. The highest BCUT2D eigenvalue weighted by molar-refractivity contribution is 6.29. The third-order valence-electron chi connectivity index (χ3n) is 2.59. The molecule has 18 heavy (non-hydrogen) atoms. The summed E-state index contributed by atoms with van der Waals surface area (Å²) in [5.74, 6) is 0.149. The van der Waals surface area contributed by atoms with Crippen molar-refractivity contribution in [1.82, 2.24) is 4.98 Å². The fourth-order valence-corrected chi connectivity index (χ4v) is 1.90. The Morgan fingerprint density at radius 3 is 2.67 bits per heavy atom. The lowest BCUT2D eigenvalue weighted by molar-refractivity contribution is 0.625. The van der Waals surface area contributed by atoms with E-state index in [4.69, 9.17) is 17.3 Å². The molecule has 0 aliphatic heterocycles. The molecule has 0 radical (unpaired) electrons. The third kappa shape index (κ3) is 2.38. The Balaban J connectivity index is 2.52. The van der Waals surface area contributed by atoms with Crippen LogP contribution in [0.4, 0.5) is 21.6 Å². The molecular weight excluding hydrogens is 253 g/mol. The minimum absolute atomic E-state index is 0.319. The van der Waals surface area contributed by atoms with E-state index in [2.05, 4.69) is 4.98 Å². The molecular formula is C13H13ClFN3. The highest BCUT2D eigenvalue weighted by Crippen LogP contribution is 2.30. The first-order chi connectivity index (χ1) is 8.63. The van der Waals surface area contributed by atoms with E-state index in [9.17, 15) is 4.39 Å². The zero-order valence-corrected chi connectivity index (χ0v) is 10.7. The minimum Gasteiger partial charge on any atom is -0.396 e. The van der Waals surface area contributed by atoms with Crippen molar-refractivity contribution in [2.75, 3.05) is 17.2 Å². The quantitative estimate of drug-likeness (QED) is 0.862. The smallest absolute Gasteiger partial charge is 0.158 e. The van der Waals surface area contributed by atoms with Gasteiger partial charge in [0.15, 0.2) is 5.82 Å². The van der Waals surface area contributed by atoms with E-state index in [1.165, 1.54) is 6.07 Å². The van der Waals surface area contributed by atoms with Gasteiger partial charge in [-0.3, -0.25) is 0 Å². The number of rotatable bonds is 3. The molecule has 0 aliphatic rings. The maximum absolute atomic E-state index is 13.8. The molecule has 0 amide bonds. The Morgan fingerprint density at radius 2 is 2.00 bits per heavy atom. The maximum atomic E-state index is 13.8. The van der Waals surface area contributed by atoms with Crippen molar-refractivity contribution in [3.05, 3.63) is 47.4 Å². The van der Waals surface area contributed by atoms with Crippen LogP contribution in [0.25, 0.3) is 0 Å². The summed E-state index contributed by atoms with van der Waals surface area (Å²) < 4.78 is 13.8. The predicted molar refractivity (Wildman–Crippen MR) is 72.7 cm³/mol. The molecule has 5 heteroatoms. The molecule has 2 N–H and O–H groups in total. The van der Waals surface area contributed by atoms with Gasteiger partial charge in [-0.25, -0.2) is 9.37 Å². The molecule has 0 aliphatic carbocycles. The van der Waals surface area contributed by atoms with Crippen molar-refractivity contribution >= 4 is 28.8 Å². The van der Waals surface area contributed by atoms with Crippen LogP contribution in [-0.2, 0) is 0 Å².